The first-order valence-electron chi connectivity index (χ1n) is 11.2. The Morgan fingerprint density at radius 2 is 1.42 bits per heavy atom. The zero-order valence-corrected chi connectivity index (χ0v) is 20.0. The monoisotopic (exact) mass is 465 g/mol. The third-order valence-electron chi connectivity index (χ3n) is 5.38. The van der Waals surface area contributed by atoms with Crippen molar-refractivity contribution in [3.8, 4) is 0 Å². The molecule has 0 aliphatic carbocycles. The second-order valence-corrected chi connectivity index (χ2v) is 10.7. The molecule has 0 amide bonds. The van der Waals surface area contributed by atoms with E-state index in [2.05, 4.69) is 26.0 Å². The smallest absolute Gasteiger partial charge is 0.303 e. The molecule has 0 atom stereocenters. The van der Waals surface area contributed by atoms with Gasteiger partial charge in [-0.25, -0.2) is 8.42 Å². The minimum atomic E-state index is -3.73. The number of aliphatic carboxylic acids is 1. The number of nitrogens with zero attached hydrogens (tertiary/aromatic N) is 1. The van der Waals surface area contributed by atoms with E-state index in [-0.39, 0.29) is 24.4 Å². The van der Waals surface area contributed by atoms with Gasteiger partial charge in [0.25, 0.3) is 0 Å². The van der Waals surface area contributed by atoms with Crippen LogP contribution >= 0.6 is 0 Å². The normalized spacial score (nSPS) is 11.8. The van der Waals surface area contributed by atoms with Crippen LogP contribution in [0.5, 0.6) is 0 Å². The molecule has 0 radical (unpaired) electrons. The quantitative estimate of drug-likeness (QED) is 0.417. The van der Waals surface area contributed by atoms with Crippen molar-refractivity contribution in [1.29, 1.82) is 0 Å². The molecule has 0 aliphatic heterocycles. The van der Waals surface area contributed by atoms with Gasteiger partial charge in [0.05, 0.1) is 4.90 Å². The summed E-state index contributed by atoms with van der Waals surface area (Å²) in [6, 6.07) is 24.1. The number of carbonyl (C=O) groups is 1. The van der Waals surface area contributed by atoms with Crippen LogP contribution < -0.4 is 0 Å². The molecule has 0 saturated carbocycles. The number of hydrogen-bond acceptors (Lipinski definition) is 3. The van der Waals surface area contributed by atoms with Crippen LogP contribution in [0.3, 0.4) is 0 Å². The highest BCUT2D eigenvalue weighted by Gasteiger charge is 2.25. The highest BCUT2D eigenvalue weighted by molar-refractivity contribution is 7.89. The van der Waals surface area contributed by atoms with E-state index in [0.29, 0.717) is 12.3 Å². The van der Waals surface area contributed by atoms with Gasteiger partial charge in [0.15, 0.2) is 0 Å². The fourth-order valence-electron chi connectivity index (χ4n) is 3.76. The van der Waals surface area contributed by atoms with Crippen molar-refractivity contribution in [2.24, 2.45) is 5.92 Å². The zero-order valence-electron chi connectivity index (χ0n) is 19.1. The summed E-state index contributed by atoms with van der Waals surface area (Å²) in [5.41, 5.74) is 3.86. The molecule has 0 saturated heterocycles. The summed E-state index contributed by atoms with van der Waals surface area (Å²) in [5.74, 6) is -0.297. The Morgan fingerprint density at radius 3 is 2.06 bits per heavy atom. The van der Waals surface area contributed by atoms with E-state index in [1.54, 1.807) is 30.3 Å². The van der Waals surface area contributed by atoms with Crippen LogP contribution in [0.4, 0.5) is 0 Å². The third kappa shape index (κ3) is 7.27. The summed E-state index contributed by atoms with van der Waals surface area (Å²) in [4.78, 5) is 11.2. The molecule has 0 fully saturated rings. The van der Waals surface area contributed by atoms with E-state index in [4.69, 9.17) is 5.11 Å². The van der Waals surface area contributed by atoms with E-state index in [0.717, 1.165) is 23.1 Å². The molecule has 0 heterocycles. The van der Waals surface area contributed by atoms with Gasteiger partial charge in [0.1, 0.15) is 0 Å². The topological polar surface area (TPSA) is 74.7 Å². The lowest BCUT2D eigenvalue weighted by molar-refractivity contribution is -0.136. The lowest BCUT2D eigenvalue weighted by Crippen LogP contribution is -2.30. The summed E-state index contributed by atoms with van der Waals surface area (Å²) < 4.78 is 28.5. The molecule has 0 aliphatic rings. The van der Waals surface area contributed by atoms with Crippen LogP contribution in [0, 0.1) is 5.92 Å². The van der Waals surface area contributed by atoms with Gasteiger partial charge in [-0.1, -0.05) is 80.6 Å². The lowest BCUT2D eigenvalue weighted by atomic mass is 10.0. The van der Waals surface area contributed by atoms with Crippen molar-refractivity contribution in [3.05, 3.63) is 101 Å². The minimum absolute atomic E-state index is 0.0399. The van der Waals surface area contributed by atoms with Crippen LogP contribution in [-0.4, -0.2) is 23.8 Å². The summed E-state index contributed by atoms with van der Waals surface area (Å²) in [6.07, 6.45) is 1.43. The maximum Gasteiger partial charge on any atom is 0.303 e. The van der Waals surface area contributed by atoms with Crippen LogP contribution in [0.1, 0.15) is 42.5 Å². The summed E-state index contributed by atoms with van der Waals surface area (Å²) in [7, 11) is -3.73. The molecule has 3 aromatic carbocycles. The first-order valence-corrected chi connectivity index (χ1v) is 12.6. The molecule has 0 aromatic heterocycles. The average molecular weight is 466 g/mol. The van der Waals surface area contributed by atoms with Gasteiger partial charge < -0.3 is 5.11 Å². The molecule has 0 spiro atoms. The fourth-order valence-corrected chi connectivity index (χ4v) is 5.20. The molecule has 33 heavy (non-hydrogen) atoms. The number of hydrogen-bond donors (Lipinski definition) is 1. The van der Waals surface area contributed by atoms with E-state index in [1.807, 2.05) is 36.4 Å². The van der Waals surface area contributed by atoms with Crippen molar-refractivity contribution in [1.82, 2.24) is 4.31 Å². The number of rotatable bonds is 11. The largest absolute Gasteiger partial charge is 0.481 e. The number of carboxylic acids is 1. The van der Waals surface area contributed by atoms with E-state index in [9.17, 15) is 13.2 Å². The van der Waals surface area contributed by atoms with Crippen molar-refractivity contribution < 1.29 is 18.3 Å². The maximum absolute atomic E-state index is 13.5. The second kappa shape index (κ2) is 11.3. The Morgan fingerprint density at radius 1 is 0.818 bits per heavy atom. The van der Waals surface area contributed by atoms with Crippen molar-refractivity contribution in [3.63, 3.8) is 0 Å². The standard InChI is InChI=1S/C27H31NO4S/c1-21(2)17-23-11-13-24(14-12-23)19-28(33(31,32)26-9-4-3-5-10-26)20-25-8-6-7-22(18-25)15-16-27(29)30/h3-14,18,21H,15-17,19-20H2,1-2H3,(H,29,30). The zero-order chi connectivity index (χ0) is 23.8. The Labute approximate surface area is 196 Å². The first kappa shape index (κ1) is 24.7. The van der Waals surface area contributed by atoms with E-state index >= 15 is 0 Å². The van der Waals surface area contributed by atoms with Gasteiger partial charge in [-0.05, 0) is 53.1 Å². The number of aryl methyl sites for hydroxylation is 1. The molecule has 0 unspecified atom stereocenters. The van der Waals surface area contributed by atoms with Gasteiger partial charge in [0.2, 0.25) is 10.0 Å². The summed E-state index contributed by atoms with van der Waals surface area (Å²) >= 11 is 0. The van der Waals surface area contributed by atoms with E-state index in [1.165, 1.54) is 9.87 Å². The number of carboxylic acid groups (broad SMARTS) is 1. The van der Waals surface area contributed by atoms with Gasteiger partial charge in [0, 0.05) is 19.5 Å². The molecular weight excluding hydrogens is 434 g/mol. The highest BCUT2D eigenvalue weighted by atomic mass is 32.2. The second-order valence-electron chi connectivity index (χ2n) is 8.71. The molecule has 0 bridgehead atoms. The predicted octanol–water partition coefficient (Wildman–Crippen LogP) is 5.29. The SMILES string of the molecule is CC(C)Cc1ccc(CN(Cc2cccc(CCC(=O)O)c2)S(=O)(=O)c2ccccc2)cc1. The molecule has 3 rings (SSSR count). The van der Waals surface area contributed by atoms with Crippen LogP contribution in [0.25, 0.3) is 0 Å². The third-order valence-corrected chi connectivity index (χ3v) is 7.19. The molecule has 174 valence electrons. The first-order chi connectivity index (χ1) is 15.7. The van der Waals surface area contributed by atoms with Crippen molar-refractivity contribution in [2.75, 3.05) is 0 Å². The molecular formula is C27H31NO4S. The van der Waals surface area contributed by atoms with Gasteiger partial charge >= 0.3 is 5.97 Å². The van der Waals surface area contributed by atoms with E-state index < -0.39 is 16.0 Å². The number of sulfonamides is 1. The molecule has 6 heteroatoms. The van der Waals surface area contributed by atoms with Crippen LogP contribution in [0.2, 0.25) is 0 Å². The fraction of sp³-hybridized carbons (Fsp3) is 0.296. The molecule has 1 N–H and O–H groups in total. The van der Waals surface area contributed by atoms with Crippen LogP contribution in [-0.2, 0) is 40.7 Å². The number of benzene rings is 3. The Hall–Kier alpha value is -2.96. The van der Waals surface area contributed by atoms with Gasteiger partial charge in [-0.3, -0.25) is 4.79 Å². The lowest BCUT2D eigenvalue weighted by Gasteiger charge is -2.23. The average Bonchev–Trinajstić information content (AvgIpc) is 2.79. The Kier molecular flexibility index (Phi) is 8.42. The van der Waals surface area contributed by atoms with Crippen molar-refractivity contribution >= 4 is 16.0 Å². The Balaban J connectivity index is 1.88. The summed E-state index contributed by atoms with van der Waals surface area (Å²) in [5, 5.41) is 8.97. The molecule has 5 nitrogen and oxygen atoms in total. The van der Waals surface area contributed by atoms with Crippen molar-refractivity contribution in [2.45, 2.75) is 51.1 Å². The highest BCUT2D eigenvalue weighted by Crippen LogP contribution is 2.22. The predicted molar refractivity (Wildman–Crippen MR) is 130 cm³/mol. The maximum atomic E-state index is 13.5. The minimum Gasteiger partial charge on any atom is -0.481 e. The van der Waals surface area contributed by atoms with Gasteiger partial charge in [-0.15, -0.1) is 0 Å². The van der Waals surface area contributed by atoms with Gasteiger partial charge in [-0.2, -0.15) is 4.31 Å². The molecule has 3 aromatic rings. The van der Waals surface area contributed by atoms with Crippen LogP contribution in [0.15, 0.2) is 83.8 Å². The summed E-state index contributed by atoms with van der Waals surface area (Å²) in [6.45, 7) is 4.80. The Bertz CT molecular complexity index is 1160.